The van der Waals surface area contributed by atoms with E-state index in [4.69, 9.17) is 34.8 Å². The van der Waals surface area contributed by atoms with Crippen LogP contribution in [0.4, 0.5) is 9.52 Å². The van der Waals surface area contributed by atoms with Crippen LogP contribution in [-0.4, -0.2) is 31.7 Å². The van der Waals surface area contributed by atoms with Gasteiger partial charge in [0.25, 0.3) is 0 Å². The van der Waals surface area contributed by atoms with E-state index >= 15 is 0 Å². The minimum Gasteiger partial charge on any atom is -0.348 e. The second kappa shape index (κ2) is 9.24. The average molecular weight is 520 g/mol. The molecule has 1 aliphatic rings. The van der Waals surface area contributed by atoms with Gasteiger partial charge in [-0.3, -0.25) is 0 Å². The van der Waals surface area contributed by atoms with E-state index in [1.807, 2.05) is 5.38 Å². The smallest absolute Gasteiger partial charge is 0.185 e. The molecule has 1 saturated heterocycles. The molecule has 0 radical (unpaired) electrons. The molecule has 3 aromatic rings. The van der Waals surface area contributed by atoms with Gasteiger partial charge in [0.2, 0.25) is 0 Å². The molecule has 10 heteroatoms. The van der Waals surface area contributed by atoms with Gasteiger partial charge in [0.1, 0.15) is 5.82 Å². The van der Waals surface area contributed by atoms with Gasteiger partial charge in [0, 0.05) is 29.9 Å². The molecule has 0 bridgehead atoms. The van der Waals surface area contributed by atoms with Crippen molar-refractivity contribution in [2.24, 2.45) is 0 Å². The summed E-state index contributed by atoms with van der Waals surface area (Å²) in [7, 11) is -3.57. The van der Waals surface area contributed by atoms with E-state index in [-0.39, 0.29) is 14.9 Å². The van der Waals surface area contributed by atoms with Crippen LogP contribution in [0.25, 0.3) is 0 Å². The molecule has 0 unspecified atom stereocenters. The number of hydrogen-bond donors (Lipinski definition) is 0. The van der Waals surface area contributed by atoms with Crippen molar-refractivity contribution in [2.75, 3.05) is 18.0 Å². The highest BCUT2D eigenvalue weighted by Crippen LogP contribution is 2.33. The average Bonchev–Trinajstić information content (AvgIpc) is 3.21. The van der Waals surface area contributed by atoms with Gasteiger partial charge in [0.15, 0.2) is 15.0 Å². The van der Waals surface area contributed by atoms with Crippen LogP contribution in [-0.2, 0) is 16.3 Å². The summed E-state index contributed by atoms with van der Waals surface area (Å²) in [5.41, 5.74) is 1.63. The Bertz CT molecular complexity index is 1210. The number of sulfone groups is 1. The summed E-state index contributed by atoms with van der Waals surface area (Å²) in [6.07, 6.45) is 1.45. The fourth-order valence-electron chi connectivity index (χ4n) is 3.61. The van der Waals surface area contributed by atoms with Gasteiger partial charge in [-0.2, -0.15) is 0 Å². The summed E-state index contributed by atoms with van der Waals surface area (Å²) in [4.78, 5) is 6.83. The van der Waals surface area contributed by atoms with Crippen molar-refractivity contribution in [1.29, 1.82) is 0 Å². The van der Waals surface area contributed by atoms with Crippen molar-refractivity contribution in [1.82, 2.24) is 4.98 Å². The van der Waals surface area contributed by atoms with Crippen LogP contribution in [0.15, 0.2) is 46.7 Å². The highest BCUT2D eigenvalue weighted by atomic mass is 35.5. The number of piperidine rings is 1. The summed E-state index contributed by atoms with van der Waals surface area (Å²) >= 11 is 19.3. The molecule has 0 saturated carbocycles. The van der Waals surface area contributed by atoms with Gasteiger partial charge >= 0.3 is 0 Å². The molecule has 1 aromatic heterocycles. The van der Waals surface area contributed by atoms with Crippen molar-refractivity contribution in [3.63, 3.8) is 0 Å². The van der Waals surface area contributed by atoms with Gasteiger partial charge < -0.3 is 4.90 Å². The third kappa shape index (κ3) is 5.01. The van der Waals surface area contributed by atoms with Crippen molar-refractivity contribution >= 4 is 61.1 Å². The Morgan fingerprint density at radius 2 is 1.77 bits per heavy atom. The molecule has 0 N–H and O–H groups in total. The number of nitrogens with zero attached hydrogens (tertiary/aromatic N) is 2. The molecule has 2 aromatic carbocycles. The second-order valence-electron chi connectivity index (χ2n) is 7.35. The molecule has 1 aliphatic heterocycles. The predicted molar refractivity (Wildman–Crippen MR) is 125 cm³/mol. The van der Waals surface area contributed by atoms with Crippen LogP contribution >= 0.6 is 46.1 Å². The fraction of sp³-hybridized carbons (Fsp3) is 0.286. The van der Waals surface area contributed by atoms with Crippen molar-refractivity contribution in [2.45, 2.75) is 29.4 Å². The Morgan fingerprint density at radius 3 is 2.48 bits per heavy atom. The summed E-state index contributed by atoms with van der Waals surface area (Å²) in [6.45, 7) is 1.15. The number of anilines is 1. The van der Waals surface area contributed by atoms with E-state index in [0.29, 0.717) is 37.4 Å². The molecule has 4 rings (SSSR count). The molecular weight excluding hydrogens is 502 g/mol. The first kappa shape index (κ1) is 22.8. The van der Waals surface area contributed by atoms with Gasteiger partial charge in [0.05, 0.1) is 25.9 Å². The van der Waals surface area contributed by atoms with Gasteiger partial charge in [-0.25, -0.2) is 17.8 Å². The molecular formula is C21H18Cl3FN2O2S2. The molecule has 2 heterocycles. The third-order valence-corrected chi connectivity index (χ3v) is 9.49. The zero-order valence-corrected chi connectivity index (χ0v) is 20.1. The maximum absolute atomic E-state index is 13.7. The van der Waals surface area contributed by atoms with Gasteiger partial charge in [-0.05, 0) is 48.7 Å². The molecule has 31 heavy (non-hydrogen) atoms. The molecule has 164 valence electrons. The highest BCUT2D eigenvalue weighted by molar-refractivity contribution is 7.92. The minimum atomic E-state index is -3.57. The lowest BCUT2D eigenvalue weighted by Gasteiger charge is -2.31. The van der Waals surface area contributed by atoms with E-state index in [9.17, 15) is 12.8 Å². The number of thiazole rings is 1. The second-order valence-corrected chi connectivity index (χ2v) is 11.6. The van der Waals surface area contributed by atoms with Gasteiger partial charge in [-0.1, -0.05) is 40.9 Å². The summed E-state index contributed by atoms with van der Waals surface area (Å²) in [5.74, 6) is -0.447. The quantitative estimate of drug-likeness (QED) is 0.398. The van der Waals surface area contributed by atoms with E-state index < -0.39 is 20.9 Å². The standard InChI is InChI=1S/C21H18Cl3FN2O2S2/c22-14-2-4-18(24)20(11-14)31(28,29)16-5-7-27(8-6-16)21-26-15(12-30-21)9-13-1-3-17(23)19(25)10-13/h1-4,10-12,16H,5-9H2. The number of benzene rings is 2. The zero-order chi connectivity index (χ0) is 22.2. The highest BCUT2D eigenvalue weighted by Gasteiger charge is 2.33. The lowest BCUT2D eigenvalue weighted by Crippen LogP contribution is -2.39. The lowest BCUT2D eigenvalue weighted by atomic mass is 10.1. The van der Waals surface area contributed by atoms with E-state index in [1.54, 1.807) is 12.1 Å². The number of rotatable bonds is 5. The van der Waals surface area contributed by atoms with Crippen LogP contribution in [0.5, 0.6) is 0 Å². The minimum absolute atomic E-state index is 0.0897. The zero-order valence-electron chi connectivity index (χ0n) is 16.2. The molecule has 1 fully saturated rings. The van der Waals surface area contributed by atoms with Crippen molar-refractivity contribution in [3.8, 4) is 0 Å². The molecule has 4 nitrogen and oxygen atoms in total. The first-order chi connectivity index (χ1) is 14.7. The van der Waals surface area contributed by atoms with E-state index in [1.165, 1.54) is 35.6 Å². The predicted octanol–water partition coefficient (Wildman–Crippen LogP) is 6.28. The third-order valence-electron chi connectivity index (χ3n) is 5.26. The van der Waals surface area contributed by atoms with Crippen molar-refractivity contribution in [3.05, 3.63) is 73.9 Å². The van der Waals surface area contributed by atoms with E-state index in [0.717, 1.165) is 16.4 Å². The van der Waals surface area contributed by atoms with Crippen LogP contribution in [0, 0.1) is 5.82 Å². The largest absolute Gasteiger partial charge is 0.348 e. The topological polar surface area (TPSA) is 50.3 Å². The maximum Gasteiger partial charge on any atom is 0.185 e. The number of halogens is 4. The summed E-state index contributed by atoms with van der Waals surface area (Å²) in [6, 6.07) is 9.23. The molecule has 0 spiro atoms. The Balaban J connectivity index is 1.42. The Morgan fingerprint density at radius 1 is 1.06 bits per heavy atom. The Hall–Kier alpha value is -1.38. The van der Waals surface area contributed by atoms with Crippen LogP contribution < -0.4 is 4.90 Å². The van der Waals surface area contributed by atoms with Gasteiger partial charge in [-0.15, -0.1) is 11.3 Å². The number of hydrogen-bond acceptors (Lipinski definition) is 5. The van der Waals surface area contributed by atoms with Crippen molar-refractivity contribution < 1.29 is 12.8 Å². The van der Waals surface area contributed by atoms with Crippen LogP contribution in [0.1, 0.15) is 24.1 Å². The lowest BCUT2D eigenvalue weighted by molar-refractivity contribution is 0.529. The monoisotopic (exact) mass is 518 g/mol. The first-order valence-corrected chi connectivity index (χ1v) is 13.1. The summed E-state index contributed by atoms with van der Waals surface area (Å²) < 4.78 is 39.8. The fourth-order valence-corrected chi connectivity index (χ4v) is 7.11. The van der Waals surface area contributed by atoms with Crippen LogP contribution in [0.3, 0.4) is 0 Å². The first-order valence-electron chi connectivity index (χ1n) is 9.56. The SMILES string of the molecule is O=S(=O)(c1cc(Cl)ccc1Cl)C1CCN(c2nc(Cc3ccc(Cl)c(F)c3)cs2)CC1. The molecule has 0 atom stereocenters. The van der Waals surface area contributed by atoms with Crippen LogP contribution in [0.2, 0.25) is 15.1 Å². The Kier molecular flexibility index (Phi) is 6.79. The molecule has 0 aliphatic carbocycles. The maximum atomic E-state index is 13.7. The molecule has 0 amide bonds. The van der Waals surface area contributed by atoms with E-state index in [2.05, 4.69) is 9.88 Å². The number of aromatic nitrogens is 1. The Labute approximate surface area is 199 Å². The normalized spacial score (nSPS) is 15.4. The summed E-state index contributed by atoms with van der Waals surface area (Å²) in [5, 5.41) is 2.89.